The number of hydrogen-bond acceptors (Lipinski definition) is 0. The van der Waals surface area contributed by atoms with E-state index < -0.39 is 0 Å². The number of allylic oxidation sites excluding steroid dienone is 1. The van der Waals surface area contributed by atoms with Gasteiger partial charge in [0.15, 0.2) is 0 Å². The fourth-order valence-corrected chi connectivity index (χ4v) is 1.76. The second-order valence-corrected chi connectivity index (χ2v) is 3.61. The molecule has 0 spiro atoms. The number of hydrogen-bond donors (Lipinski definition) is 1. The van der Waals surface area contributed by atoms with E-state index in [1.165, 1.54) is 10.8 Å². The SMILES string of the molecule is C=C/C=c1/cc(-c2ccccc2)[nH]/c1=C/C. The molecule has 0 radical (unpaired) electrons. The van der Waals surface area contributed by atoms with Crippen LogP contribution in [0.2, 0.25) is 0 Å². The molecule has 0 atom stereocenters. The molecule has 1 heterocycles. The first-order valence-corrected chi connectivity index (χ1v) is 5.38. The Morgan fingerprint density at radius 2 is 1.94 bits per heavy atom. The fraction of sp³-hybridized carbons (Fsp3) is 0.0667. The monoisotopic (exact) mass is 209 g/mol. The van der Waals surface area contributed by atoms with Crippen molar-refractivity contribution in [2.24, 2.45) is 0 Å². The van der Waals surface area contributed by atoms with Crippen molar-refractivity contribution in [3.63, 3.8) is 0 Å². The molecular formula is C15H15N. The van der Waals surface area contributed by atoms with Crippen LogP contribution in [-0.4, -0.2) is 4.98 Å². The molecule has 80 valence electrons. The minimum atomic E-state index is 1.14. The number of benzene rings is 1. The van der Waals surface area contributed by atoms with E-state index in [0.29, 0.717) is 0 Å². The largest absolute Gasteiger partial charge is 0.355 e. The lowest BCUT2D eigenvalue weighted by molar-refractivity contribution is 1.31. The van der Waals surface area contributed by atoms with E-state index in [-0.39, 0.29) is 0 Å². The van der Waals surface area contributed by atoms with Gasteiger partial charge in [-0.1, -0.05) is 55.1 Å². The smallest absolute Gasteiger partial charge is 0.0464 e. The third-order valence-corrected chi connectivity index (χ3v) is 2.55. The zero-order chi connectivity index (χ0) is 11.4. The first-order chi connectivity index (χ1) is 7.85. The van der Waals surface area contributed by atoms with Crippen molar-refractivity contribution < 1.29 is 0 Å². The topological polar surface area (TPSA) is 15.8 Å². The zero-order valence-corrected chi connectivity index (χ0v) is 9.40. The maximum atomic E-state index is 3.73. The van der Waals surface area contributed by atoms with Crippen LogP contribution in [-0.2, 0) is 0 Å². The van der Waals surface area contributed by atoms with Crippen molar-refractivity contribution in [2.45, 2.75) is 6.92 Å². The van der Waals surface area contributed by atoms with E-state index in [2.05, 4.69) is 35.8 Å². The summed E-state index contributed by atoms with van der Waals surface area (Å²) < 4.78 is 0. The van der Waals surface area contributed by atoms with Gasteiger partial charge in [0.1, 0.15) is 0 Å². The second-order valence-electron chi connectivity index (χ2n) is 3.61. The van der Waals surface area contributed by atoms with Crippen molar-refractivity contribution in [2.75, 3.05) is 0 Å². The Kier molecular flexibility index (Phi) is 3.06. The average Bonchev–Trinajstić information content (AvgIpc) is 2.74. The van der Waals surface area contributed by atoms with Crippen molar-refractivity contribution in [3.05, 3.63) is 59.6 Å². The Hall–Kier alpha value is -2.02. The summed E-state index contributed by atoms with van der Waals surface area (Å²) in [6, 6.07) is 12.5. The summed E-state index contributed by atoms with van der Waals surface area (Å²) in [5.74, 6) is 0. The molecule has 0 bridgehead atoms. The highest BCUT2D eigenvalue weighted by molar-refractivity contribution is 5.60. The van der Waals surface area contributed by atoms with Gasteiger partial charge >= 0.3 is 0 Å². The number of H-pyrrole nitrogens is 1. The highest BCUT2D eigenvalue weighted by atomic mass is 14.7. The third kappa shape index (κ3) is 1.98. The molecule has 1 aromatic carbocycles. The molecule has 0 aliphatic heterocycles. The predicted molar refractivity (Wildman–Crippen MR) is 70.3 cm³/mol. The normalized spacial score (nSPS) is 13.1. The Morgan fingerprint density at radius 3 is 2.56 bits per heavy atom. The molecule has 16 heavy (non-hydrogen) atoms. The van der Waals surface area contributed by atoms with Crippen LogP contribution in [0, 0.1) is 0 Å². The first kappa shape index (κ1) is 10.5. The molecule has 0 saturated carbocycles. The molecule has 1 N–H and O–H groups in total. The summed E-state index contributed by atoms with van der Waals surface area (Å²) in [7, 11) is 0. The van der Waals surface area contributed by atoms with Gasteiger partial charge in [0.2, 0.25) is 0 Å². The summed E-state index contributed by atoms with van der Waals surface area (Å²) >= 11 is 0. The summed E-state index contributed by atoms with van der Waals surface area (Å²) in [4.78, 5) is 3.40. The first-order valence-electron chi connectivity index (χ1n) is 5.38. The third-order valence-electron chi connectivity index (χ3n) is 2.55. The lowest BCUT2D eigenvalue weighted by Crippen LogP contribution is -2.20. The lowest BCUT2D eigenvalue weighted by Gasteiger charge is -1.94. The Bertz CT molecular complexity index is 588. The Balaban J connectivity index is 2.62. The predicted octanol–water partition coefficient (Wildman–Crippen LogP) is 2.45. The molecule has 0 saturated heterocycles. The molecule has 1 aromatic heterocycles. The van der Waals surface area contributed by atoms with Crippen LogP contribution >= 0.6 is 0 Å². The van der Waals surface area contributed by atoms with E-state index in [1.54, 1.807) is 0 Å². The Labute approximate surface area is 95.5 Å². The standard InChI is InChI=1S/C15H15N/c1-3-8-13-11-15(16-14(13)4-2)12-9-6-5-7-10-12/h3-11,16H,1H2,2H3/b13-8-,14-4+. The molecule has 1 nitrogen and oxygen atoms in total. The van der Waals surface area contributed by atoms with Crippen LogP contribution in [0.1, 0.15) is 6.92 Å². The van der Waals surface area contributed by atoms with Crippen molar-refractivity contribution >= 4 is 12.2 Å². The summed E-state index contributed by atoms with van der Waals surface area (Å²) in [6.45, 7) is 5.76. The van der Waals surface area contributed by atoms with E-state index in [9.17, 15) is 0 Å². The number of aromatic nitrogens is 1. The Morgan fingerprint density at radius 1 is 1.19 bits per heavy atom. The summed E-state index contributed by atoms with van der Waals surface area (Å²) in [5.41, 5.74) is 2.34. The molecule has 1 heteroatoms. The van der Waals surface area contributed by atoms with E-state index >= 15 is 0 Å². The molecule has 2 rings (SSSR count). The van der Waals surface area contributed by atoms with E-state index in [1.807, 2.05) is 37.3 Å². The minimum Gasteiger partial charge on any atom is -0.355 e. The second kappa shape index (κ2) is 4.67. The van der Waals surface area contributed by atoms with Gasteiger partial charge in [0, 0.05) is 11.0 Å². The minimum absolute atomic E-state index is 1.14. The number of rotatable bonds is 2. The maximum Gasteiger partial charge on any atom is 0.0464 e. The van der Waals surface area contributed by atoms with Gasteiger partial charge < -0.3 is 4.98 Å². The van der Waals surface area contributed by atoms with Gasteiger partial charge in [-0.15, -0.1) is 0 Å². The van der Waals surface area contributed by atoms with E-state index in [0.717, 1.165) is 11.0 Å². The van der Waals surface area contributed by atoms with Gasteiger partial charge in [-0.05, 0) is 23.8 Å². The van der Waals surface area contributed by atoms with Crippen LogP contribution in [0.15, 0.2) is 49.1 Å². The summed E-state index contributed by atoms with van der Waals surface area (Å²) in [6.07, 6.45) is 5.89. The van der Waals surface area contributed by atoms with Crippen LogP contribution < -0.4 is 10.6 Å². The van der Waals surface area contributed by atoms with Gasteiger partial charge in [-0.3, -0.25) is 0 Å². The van der Waals surface area contributed by atoms with Crippen molar-refractivity contribution in [1.82, 2.24) is 4.98 Å². The van der Waals surface area contributed by atoms with Gasteiger partial charge in [0.25, 0.3) is 0 Å². The lowest BCUT2D eigenvalue weighted by atomic mass is 10.1. The quantitative estimate of drug-likeness (QED) is 0.782. The van der Waals surface area contributed by atoms with Crippen molar-refractivity contribution in [3.8, 4) is 11.3 Å². The van der Waals surface area contributed by atoms with Gasteiger partial charge in [0.05, 0.1) is 0 Å². The van der Waals surface area contributed by atoms with Crippen LogP contribution in [0.25, 0.3) is 23.4 Å². The van der Waals surface area contributed by atoms with Gasteiger partial charge in [-0.25, -0.2) is 0 Å². The zero-order valence-electron chi connectivity index (χ0n) is 9.40. The highest BCUT2D eigenvalue weighted by Gasteiger charge is 1.98. The van der Waals surface area contributed by atoms with Crippen LogP contribution in [0.4, 0.5) is 0 Å². The maximum absolute atomic E-state index is 3.73. The number of aromatic amines is 1. The molecule has 0 amide bonds. The summed E-state index contributed by atoms with van der Waals surface area (Å²) in [5, 5.41) is 2.31. The molecular weight excluding hydrogens is 194 g/mol. The molecule has 0 aliphatic rings. The van der Waals surface area contributed by atoms with Gasteiger partial charge in [-0.2, -0.15) is 0 Å². The highest BCUT2D eigenvalue weighted by Crippen LogP contribution is 2.12. The molecule has 0 fully saturated rings. The fourth-order valence-electron chi connectivity index (χ4n) is 1.76. The van der Waals surface area contributed by atoms with E-state index in [4.69, 9.17) is 0 Å². The van der Waals surface area contributed by atoms with Crippen molar-refractivity contribution in [1.29, 1.82) is 0 Å². The molecule has 0 unspecified atom stereocenters. The molecule has 2 aromatic rings. The van der Waals surface area contributed by atoms with Crippen LogP contribution in [0.5, 0.6) is 0 Å². The number of nitrogens with one attached hydrogen (secondary N) is 1. The molecule has 0 aliphatic carbocycles. The average molecular weight is 209 g/mol. The van der Waals surface area contributed by atoms with Crippen LogP contribution in [0.3, 0.4) is 0 Å².